The van der Waals surface area contributed by atoms with E-state index in [-0.39, 0.29) is 11.7 Å². The summed E-state index contributed by atoms with van der Waals surface area (Å²) in [6.07, 6.45) is 1.56. The number of phenolic OH excluding ortho intramolecular Hbond substituents is 1. The van der Waals surface area contributed by atoms with Crippen LogP contribution in [0.3, 0.4) is 0 Å². The van der Waals surface area contributed by atoms with E-state index in [0.29, 0.717) is 16.8 Å². The molecule has 6 nitrogen and oxygen atoms in total. The average molecular weight is 270 g/mol. The number of halogens is 1. The Morgan fingerprint density at radius 2 is 2.15 bits per heavy atom. The molecule has 2 aromatic heterocycles. The van der Waals surface area contributed by atoms with E-state index in [1.54, 1.807) is 12.3 Å². The smallest absolute Gasteiger partial charge is 0.259 e. The van der Waals surface area contributed by atoms with Gasteiger partial charge in [-0.15, -0.1) is 0 Å². The number of phenols is 1. The van der Waals surface area contributed by atoms with Crippen molar-refractivity contribution in [3.05, 3.63) is 42.0 Å². The van der Waals surface area contributed by atoms with Gasteiger partial charge in [-0.25, -0.2) is 4.39 Å². The van der Waals surface area contributed by atoms with Gasteiger partial charge < -0.3 is 14.6 Å². The fourth-order valence-electron chi connectivity index (χ4n) is 1.69. The second-order valence-corrected chi connectivity index (χ2v) is 4.00. The molecule has 0 saturated heterocycles. The van der Waals surface area contributed by atoms with E-state index in [2.05, 4.69) is 15.1 Å². The van der Waals surface area contributed by atoms with Crippen molar-refractivity contribution in [3.8, 4) is 34.7 Å². The number of H-pyrrole nitrogens is 1. The lowest BCUT2D eigenvalue weighted by Crippen LogP contribution is -1.83. The molecule has 0 amide bonds. The van der Waals surface area contributed by atoms with Gasteiger partial charge in [-0.2, -0.15) is 10.2 Å². The van der Waals surface area contributed by atoms with Crippen LogP contribution in [0.2, 0.25) is 0 Å². The van der Waals surface area contributed by atoms with Gasteiger partial charge in [0.1, 0.15) is 11.8 Å². The summed E-state index contributed by atoms with van der Waals surface area (Å²) in [5, 5.41) is 21.6. The van der Waals surface area contributed by atoms with Gasteiger partial charge in [0.2, 0.25) is 5.82 Å². The van der Waals surface area contributed by atoms with Crippen LogP contribution in [0.4, 0.5) is 4.39 Å². The molecule has 0 saturated carbocycles. The summed E-state index contributed by atoms with van der Waals surface area (Å²) < 4.78 is 18.3. The summed E-state index contributed by atoms with van der Waals surface area (Å²) in [7, 11) is 0. The van der Waals surface area contributed by atoms with Crippen LogP contribution in [-0.4, -0.2) is 20.2 Å². The second-order valence-electron chi connectivity index (χ2n) is 4.00. The standard InChI is InChI=1S/C13H7FN4O2/c14-10-4-7(1-2-11(10)19)12-17-13(20-18-12)8-3-9(5-15)16-6-8/h1-4,6,16,19H. The van der Waals surface area contributed by atoms with Gasteiger partial charge in [0.15, 0.2) is 11.6 Å². The zero-order valence-electron chi connectivity index (χ0n) is 9.96. The Labute approximate surface area is 112 Å². The first-order valence-electron chi connectivity index (χ1n) is 5.59. The number of aromatic amines is 1. The van der Waals surface area contributed by atoms with Crippen molar-refractivity contribution in [1.82, 2.24) is 15.1 Å². The van der Waals surface area contributed by atoms with Crippen LogP contribution in [0.15, 0.2) is 35.0 Å². The van der Waals surface area contributed by atoms with Crippen molar-refractivity contribution in [2.75, 3.05) is 0 Å². The first-order chi connectivity index (χ1) is 9.67. The van der Waals surface area contributed by atoms with Crippen molar-refractivity contribution in [2.24, 2.45) is 0 Å². The molecule has 0 spiro atoms. The Kier molecular flexibility index (Phi) is 2.69. The number of aromatic hydroxyl groups is 1. The van der Waals surface area contributed by atoms with Crippen LogP contribution in [-0.2, 0) is 0 Å². The molecule has 3 rings (SSSR count). The van der Waals surface area contributed by atoms with Crippen molar-refractivity contribution in [2.45, 2.75) is 0 Å². The lowest BCUT2D eigenvalue weighted by Gasteiger charge is -1.96. The molecule has 0 fully saturated rings. The maximum atomic E-state index is 13.3. The molecule has 7 heteroatoms. The number of hydrogen-bond acceptors (Lipinski definition) is 5. The van der Waals surface area contributed by atoms with E-state index in [4.69, 9.17) is 14.9 Å². The zero-order valence-corrected chi connectivity index (χ0v) is 9.96. The van der Waals surface area contributed by atoms with E-state index in [0.717, 1.165) is 6.07 Å². The Bertz CT molecular complexity index is 816. The molecule has 3 aromatic rings. The van der Waals surface area contributed by atoms with Gasteiger partial charge in [-0.05, 0) is 24.3 Å². The van der Waals surface area contributed by atoms with Crippen LogP contribution >= 0.6 is 0 Å². The quantitative estimate of drug-likeness (QED) is 0.745. The van der Waals surface area contributed by atoms with Crippen molar-refractivity contribution < 1.29 is 14.0 Å². The Morgan fingerprint density at radius 3 is 2.85 bits per heavy atom. The third-order valence-corrected chi connectivity index (χ3v) is 2.68. The number of nitrogens with zero attached hydrogens (tertiary/aromatic N) is 3. The van der Waals surface area contributed by atoms with E-state index in [9.17, 15) is 4.39 Å². The Morgan fingerprint density at radius 1 is 1.30 bits per heavy atom. The third-order valence-electron chi connectivity index (χ3n) is 2.68. The minimum absolute atomic E-state index is 0.193. The molecule has 1 aromatic carbocycles. The number of aromatic nitrogens is 3. The van der Waals surface area contributed by atoms with Crippen LogP contribution in [0, 0.1) is 17.1 Å². The van der Waals surface area contributed by atoms with Gasteiger partial charge in [0.05, 0.1) is 5.56 Å². The van der Waals surface area contributed by atoms with E-state index >= 15 is 0 Å². The zero-order chi connectivity index (χ0) is 14.1. The molecule has 2 N–H and O–H groups in total. The summed E-state index contributed by atoms with van der Waals surface area (Å²) in [5.41, 5.74) is 1.32. The molecule has 0 bridgehead atoms. The fourth-order valence-corrected chi connectivity index (χ4v) is 1.69. The summed E-state index contributed by atoms with van der Waals surface area (Å²) in [6.45, 7) is 0. The normalized spacial score (nSPS) is 10.4. The van der Waals surface area contributed by atoms with Crippen molar-refractivity contribution in [3.63, 3.8) is 0 Å². The summed E-state index contributed by atoms with van der Waals surface area (Å²) >= 11 is 0. The number of hydrogen-bond donors (Lipinski definition) is 2. The molecule has 0 atom stereocenters. The molecule has 20 heavy (non-hydrogen) atoms. The van der Waals surface area contributed by atoms with Gasteiger partial charge in [-0.1, -0.05) is 5.16 Å². The summed E-state index contributed by atoms with van der Waals surface area (Å²) in [5.74, 6) is -0.797. The highest BCUT2D eigenvalue weighted by Gasteiger charge is 2.13. The number of nitriles is 1. The molecule has 98 valence electrons. The molecule has 2 heterocycles. The average Bonchev–Trinajstić information content (AvgIpc) is 3.09. The van der Waals surface area contributed by atoms with Crippen LogP contribution in [0.1, 0.15) is 5.69 Å². The van der Waals surface area contributed by atoms with E-state index in [1.807, 2.05) is 6.07 Å². The third kappa shape index (κ3) is 1.99. The second kappa shape index (κ2) is 4.51. The highest BCUT2D eigenvalue weighted by molar-refractivity contribution is 5.61. The largest absolute Gasteiger partial charge is 0.505 e. The van der Waals surface area contributed by atoms with Gasteiger partial charge >= 0.3 is 0 Å². The van der Waals surface area contributed by atoms with E-state index in [1.165, 1.54) is 12.1 Å². The van der Waals surface area contributed by atoms with Gasteiger partial charge in [0, 0.05) is 11.8 Å². The predicted molar refractivity (Wildman–Crippen MR) is 65.9 cm³/mol. The maximum Gasteiger partial charge on any atom is 0.259 e. The molecular weight excluding hydrogens is 263 g/mol. The molecule has 0 aliphatic heterocycles. The lowest BCUT2D eigenvalue weighted by molar-refractivity contribution is 0.430. The topological polar surface area (TPSA) is 98.7 Å². The molecule has 0 radical (unpaired) electrons. The van der Waals surface area contributed by atoms with Gasteiger partial charge in [0.25, 0.3) is 5.89 Å². The molecular formula is C13H7FN4O2. The molecule has 0 unspecified atom stereocenters. The van der Waals surface area contributed by atoms with Crippen molar-refractivity contribution >= 4 is 0 Å². The highest BCUT2D eigenvalue weighted by atomic mass is 19.1. The first-order valence-corrected chi connectivity index (χ1v) is 5.59. The molecule has 0 aliphatic carbocycles. The van der Waals surface area contributed by atoms with Gasteiger partial charge in [-0.3, -0.25) is 0 Å². The minimum atomic E-state index is -0.762. The maximum absolute atomic E-state index is 13.3. The highest BCUT2D eigenvalue weighted by Crippen LogP contribution is 2.25. The molecule has 0 aliphatic rings. The monoisotopic (exact) mass is 270 g/mol. The first kappa shape index (κ1) is 11.9. The number of nitrogens with one attached hydrogen (secondary N) is 1. The van der Waals surface area contributed by atoms with Crippen LogP contribution in [0.25, 0.3) is 22.8 Å². The lowest BCUT2D eigenvalue weighted by atomic mass is 10.2. The Balaban J connectivity index is 1.97. The van der Waals surface area contributed by atoms with Crippen molar-refractivity contribution in [1.29, 1.82) is 5.26 Å². The van der Waals surface area contributed by atoms with E-state index < -0.39 is 11.6 Å². The summed E-state index contributed by atoms with van der Waals surface area (Å²) in [4.78, 5) is 6.85. The number of benzene rings is 1. The fraction of sp³-hybridized carbons (Fsp3) is 0. The predicted octanol–water partition coefficient (Wildman–Crippen LogP) is 2.45. The van der Waals surface area contributed by atoms with Crippen LogP contribution in [0.5, 0.6) is 5.75 Å². The number of rotatable bonds is 2. The Hall–Kier alpha value is -3.14. The van der Waals surface area contributed by atoms with Crippen LogP contribution < -0.4 is 0 Å². The minimum Gasteiger partial charge on any atom is -0.505 e. The SMILES string of the molecule is N#Cc1cc(-c2nc(-c3ccc(O)c(F)c3)no2)c[nH]1. The summed E-state index contributed by atoms with van der Waals surface area (Å²) in [6, 6.07) is 7.31.